The van der Waals surface area contributed by atoms with Gasteiger partial charge in [-0.1, -0.05) is 51.0 Å². The highest BCUT2D eigenvalue weighted by Crippen LogP contribution is 2.16. The Morgan fingerprint density at radius 1 is 1.00 bits per heavy atom. The second kappa shape index (κ2) is 9.29. The van der Waals surface area contributed by atoms with Crippen LogP contribution < -0.4 is 5.48 Å². The van der Waals surface area contributed by atoms with Crippen LogP contribution in [0.2, 0.25) is 0 Å². The molecule has 0 spiro atoms. The summed E-state index contributed by atoms with van der Waals surface area (Å²) in [4.78, 5) is 22.8. The highest BCUT2D eigenvalue weighted by Gasteiger charge is 2.06. The van der Waals surface area contributed by atoms with E-state index in [-0.39, 0.29) is 11.7 Å². The predicted molar refractivity (Wildman–Crippen MR) is 82.5 cm³/mol. The number of Topliss-reactive ketones (excluding diaryl/α,β-unsaturated/α-hetero) is 1. The largest absolute Gasteiger partial charge is 0.294 e. The molecule has 0 heterocycles. The molecule has 1 amide bonds. The van der Waals surface area contributed by atoms with Gasteiger partial charge in [-0.15, -0.1) is 0 Å². The molecular formula is C17H25NO3. The van der Waals surface area contributed by atoms with E-state index in [9.17, 15) is 9.59 Å². The third kappa shape index (κ3) is 6.54. The molecule has 21 heavy (non-hydrogen) atoms. The van der Waals surface area contributed by atoms with Crippen molar-refractivity contribution in [1.82, 2.24) is 5.48 Å². The molecule has 1 aromatic rings. The quantitative estimate of drug-likeness (QED) is 0.314. The topological polar surface area (TPSA) is 66.4 Å². The molecular weight excluding hydrogens is 266 g/mol. The Labute approximate surface area is 126 Å². The molecule has 0 radical (unpaired) electrons. The van der Waals surface area contributed by atoms with Crippen molar-refractivity contribution in [3.63, 3.8) is 0 Å². The summed E-state index contributed by atoms with van der Waals surface area (Å²) in [7, 11) is 0. The Balaban J connectivity index is 2.23. The van der Waals surface area contributed by atoms with Crippen molar-refractivity contribution < 1.29 is 14.8 Å². The van der Waals surface area contributed by atoms with Crippen LogP contribution in [0.5, 0.6) is 0 Å². The number of nitrogens with one attached hydrogen (secondary N) is 1. The number of unbranched alkanes of at least 4 members (excludes halogenated alkanes) is 3. The van der Waals surface area contributed by atoms with Gasteiger partial charge in [-0.3, -0.25) is 14.8 Å². The Morgan fingerprint density at radius 2 is 1.57 bits per heavy atom. The number of amides is 1. The second-order valence-electron chi connectivity index (χ2n) is 5.65. The van der Waals surface area contributed by atoms with Crippen LogP contribution in [0.25, 0.3) is 0 Å². The average Bonchev–Trinajstić information content (AvgIpc) is 2.50. The Bertz CT molecular complexity index is 452. The number of ketones is 1. The van der Waals surface area contributed by atoms with Gasteiger partial charge in [0.1, 0.15) is 0 Å². The smallest absolute Gasteiger partial charge is 0.243 e. The molecule has 0 saturated carbocycles. The van der Waals surface area contributed by atoms with Crippen LogP contribution >= 0.6 is 0 Å². The minimum Gasteiger partial charge on any atom is -0.294 e. The van der Waals surface area contributed by atoms with Gasteiger partial charge in [0, 0.05) is 18.4 Å². The summed E-state index contributed by atoms with van der Waals surface area (Å²) in [5.74, 6) is 0.306. The van der Waals surface area contributed by atoms with E-state index in [1.807, 2.05) is 24.3 Å². The maximum Gasteiger partial charge on any atom is 0.243 e. The van der Waals surface area contributed by atoms with Crippen molar-refractivity contribution in [3.8, 4) is 0 Å². The summed E-state index contributed by atoms with van der Waals surface area (Å²) in [5, 5.41) is 8.35. The lowest BCUT2D eigenvalue weighted by molar-refractivity contribution is -0.129. The first kappa shape index (κ1) is 17.4. The fraction of sp³-hybridized carbons (Fsp3) is 0.529. The summed E-state index contributed by atoms with van der Waals surface area (Å²) in [6, 6.07) is 7.85. The van der Waals surface area contributed by atoms with Crippen molar-refractivity contribution in [2.75, 3.05) is 0 Å². The van der Waals surface area contributed by atoms with Gasteiger partial charge in [-0.25, -0.2) is 5.48 Å². The Kier molecular flexibility index (Phi) is 7.69. The van der Waals surface area contributed by atoms with Gasteiger partial charge in [-0.2, -0.15) is 0 Å². The second-order valence-corrected chi connectivity index (χ2v) is 5.65. The summed E-state index contributed by atoms with van der Waals surface area (Å²) < 4.78 is 0. The van der Waals surface area contributed by atoms with Crippen LogP contribution in [0.1, 0.15) is 74.2 Å². The molecule has 4 nitrogen and oxygen atoms in total. The zero-order valence-electron chi connectivity index (χ0n) is 12.9. The fourth-order valence-corrected chi connectivity index (χ4v) is 2.18. The van der Waals surface area contributed by atoms with E-state index >= 15 is 0 Å². The zero-order chi connectivity index (χ0) is 15.7. The van der Waals surface area contributed by atoms with Gasteiger partial charge in [0.2, 0.25) is 5.91 Å². The monoisotopic (exact) mass is 291 g/mol. The minimum atomic E-state index is -0.351. The minimum absolute atomic E-state index is 0.179. The first-order valence-corrected chi connectivity index (χ1v) is 7.60. The lowest BCUT2D eigenvalue weighted by atomic mass is 9.98. The Morgan fingerprint density at radius 3 is 2.10 bits per heavy atom. The standard InChI is InChI=1S/C17H25NO3/c1-13(2)14-9-11-15(12-10-14)16(19)7-5-3-4-6-8-17(20)18-21/h9-13,21H,3-8H2,1-2H3,(H,18,20). The SMILES string of the molecule is CC(C)c1ccc(C(=O)CCCCCCC(=O)NO)cc1. The first-order valence-electron chi connectivity index (χ1n) is 7.60. The normalized spacial score (nSPS) is 10.7. The zero-order valence-corrected chi connectivity index (χ0v) is 12.9. The lowest BCUT2D eigenvalue weighted by Crippen LogP contribution is -2.17. The van der Waals surface area contributed by atoms with Crippen molar-refractivity contribution >= 4 is 11.7 Å². The van der Waals surface area contributed by atoms with Gasteiger partial charge in [-0.05, 0) is 24.3 Å². The summed E-state index contributed by atoms with van der Waals surface area (Å²) in [6.07, 6.45) is 4.28. The maximum absolute atomic E-state index is 12.0. The van der Waals surface area contributed by atoms with Gasteiger partial charge in [0.25, 0.3) is 0 Å². The van der Waals surface area contributed by atoms with Gasteiger partial charge >= 0.3 is 0 Å². The third-order valence-corrected chi connectivity index (χ3v) is 3.58. The fourth-order valence-electron chi connectivity index (χ4n) is 2.18. The van der Waals surface area contributed by atoms with E-state index in [0.29, 0.717) is 18.8 Å². The number of hydrogen-bond donors (Lipinski definition) is 2. The van der Waals surface area contributed by atoms with Crippen LogP contribution in [-0.2, 0) is 4.79 Å². The van der Waals surface area contributed by atoms with E-state index in [1.165, 1.54) is 5.56 Å². The highest BCUT2D eigenvalue weighted by molar-refractivity contribution is 5.96. The molecule has 0 aromatic heterocycles. The molecule has 0 saturated heterocycles. The van der Waals surface area contributed by atoms with Crippen LogP contribution in [0.3, 0.4) is 0 Å². The molecule has 0 aliphatic heterocycles. The van der Waals surface area contributed by atoms with Crippen molar-refractivity contribution in [1.29, 1.82) is 0 Å². The van der Waals surface area contributed by atoms with Crippen LogP contribution in [-0.4, -0.2) is 16.9 Å². The molecule has 1 aromatic carbocycles. The van der Waals surface area contributed by atoms with Gasteiger partial charge in [0.15, 0.2) is 5.78 Å². The highest BCUT2D eigenvalue weighted by atomic mass is 16.5. The van der Waals surface area contributed by atoms with Gasteiger partial charge in [0.05, 0.1) is 0 Å². The van der Waals surface area contributed by atoms with E-state index in [2.05, 4.69) is 13.8 Å². The Hall–Kier alpha value is -1.68. The number of hydrogen-bond acceptors (Lipinski definition) is 3. The number of carbonyl (C=O) groups is 2. The van der Waals surface area contributed by atoms with Crippen molar-refractivity contribution in [2.24, 2.45) is 0 Å². The maximum atomic E-state index is 12.0. The van der Waals surface area contributed by atoms with Crippen LogP contribution in [0, 0.1) is 0 Å². The molecule has 4 heteroatoms. The van der Waals surface area contributed by atoms with Gasteiger partial charge < -0.3 is 0 Å². The number of carbonyl (C=O) groups excluding carboxylic acids is 2. The molecule has 0 bridgehead atoms. The van der Waals surface area contributed by atoms with Crippen molar-refractivity contribution in [2.45, 2.75) is 58.3 Å². The first-order chi connectivity index (χ1) is 10.0. The van der Waals surface area contributed by atoms with Crippen molar-refractivity contribution in [3.05, 3.63) is 35.4 Å². The molecule has 0 aliphatic rings. The molecule has 1 rings (SSSR count). The summed E-state index contributed by atoms with van der Waals surface area (Å²) in [6.45, 7) is 4.27. The third-order valence-electron chi connectivity index (χ3n) is 3.58. The predicted octanol–water partition coefficient (Wildman–Crippen LogP) is 3.84. The molecule has 0 unspecified atom stereocenters. The lowest BCUT2D eigenvalue weighted by Gasteiger charge is -2.06. The van der Waals surface area contributed by atoms with E-state index in [0.717, 1.165) is 31.2 Å². The van der Waals surface area contributed by atoms with Crippen LogP contribution in [0.4, 0.5) is 0 Å². The van der Waals surface area contributed by atoms with E-state index in [4.69, 9.17) is 5.21 Å². The van der Waals surface area contributed by atoms with E-state index in [1.54, 1.807) is 5.48 Å². The average molecular weight is 291 g/mol. The molecule has 2 N–H and O–H groups in total. The summed E-state index contributed by atoms with van der Waals surface area (Å²) >= 11 is 0. The number of benzene rings is 1. The number of hydroxylamine groups is 1. The molecule has 116 valence electrons. The molecule has 0 atom stereocenters. The molecule has 0 aliphatic carbocycles. The summed E-state index contributed by atoms with van der Waals surface area (Å²) in [5.41, 5.74) is 3.64. The van der Waals surface area contributed by atoms with E-state index < -0.39 is 0 Å². The van der Waals surface area contributed by atoms with Crippen LogP contribution in [0.15, 0.2) is 24.3 Å². The number of rotatable bonds is 9. The molecule has 0 fully saturated rings.